The summed E-state index contributed by atoms with van der Waals surface area (Å²) in [7, 11) is 1.92. The number of hydrogen-bond acceptors (Lipinski definition) is 3. The Labute approximate surface area is 92.4 Å². The molecule has 3 heteroatoms. The molecule has 1 heterocycles. The molecule has 1 saturated heterocycles. The Kier molecular flexibility index (Phi) is 3.28. The van der Waals surface area contributed by atoms with Gasteiger partial charge in [0.2, 0.25) is 0 Å². The van der Waals surface area contributed by atoms with Crippen molar-refractivity contribution in [1.82, 2.24) is 10.2 Å². The molecule has 0 bridgehead atoms. The molecule has 3 nitrogen and oxygen atoms in total. The molecule has 1 N–H and O–H groups in total. The fourth-order valence-electron chi connectivity index (χ4n) is 2.98. The average molecular weight is 207 g/mol. The third kappa shape index (κ3) is 2.16. The van der Waals surface area contributed by atoms with Crippen LogP contribution < -0.4 is 5.32 Å². The molecular weight excluding hydrogens is 186 g/mol. The van der Waals surface area contributed by atoms with E-state index in [0.29, 0.717) is 0 Å². The molecule has 2 fully saturated rings. The lowest BCUT2D eigenvalue weighted by Crippen LogP contribution is -2.48. The first kappa shape index (κ1) is 10.9. The molecule has 0 amide bonds. The summed E-state index contributed by atoms with van der Waals surface area (Å²) >= 11 is 0. The van der Waals surface area contributed by atoms with E-state index in [-0.39, 0.29) is 5.54 Å². The van der Waals surface area contributed by atoms with Crippen LogP contribution in [-0.4, -0.2) is 36.6 Å². The minimum Gasteiger partial charge on any atom is -0.302 e. The van der Waals surface area contributed by atoms with E-state index in [2.05, 4.69) is 16.3 Å². The largest absolute Gasteiger partial charge is 0.302 e. The van der Waals surface area contributed by atoms with Gasteiger partial charge < -0.3 is 10.2 Å². The van der Waals surface area contributed by atoms with Gasteiger partial charge in [0.25, 0.3) is 0 Å². The SMILES string of the molecule is CNC1(C#N)CCC(N2CCCC2)CC1. The van der Waals surface area contributed by atoms with Crippen LogP contribution in [0.15, 0.2) is 0 Å². The average Bonchev–Trinajstić information content (AvgIpc) is 2.83. The number of nitriles is 1. The second kappa shape index (κ2) is 4.51. The van der Waals surface area contributed by atoms with Gasteiger partial charge in [0.15, 0.2) is 0 Å². The summed E-state index contributed by atoms with van der Waals surface area (Å²) in [5.74, 6) is 0. The van der Waals surface area contributed by atoms with Gasteiger partial charge in [-0.15, -0.1) is 0 Å². The fourth-order valence-corrected chi connectivity index (χ4v) is 2.98. The fraction of sp³-hybridized carbons (Fsp3) is 0.917. The Hall–Kier alpha value is -0.590. The smallest absolute Gasteiger partial charge is 0.106 e. The van der Waals surface area contributed by atoms with Crippen LogP contribution >= 0.6 is 0 Å². The lowest BCUT2D eigenvalue weighted by atomic mass is 9.80. The van der Waals surface area contributed by atoms with Gasteiger partial charge in [-0.3, -0.25) is 0 Å². The standard InChI is InChI=1S/C12H21N3/c1-14-12(10-13)6-4-11(5-7-12)15-8-2-3-9-15/h11,14H,2-9H2,1H3. The van der Waals surface area contributed by atoms with Crippen LogP contribution in [0.3, 0.4) is 0 Å². The molecule has 2 aliphatic rings. The van der Waals surface area contributed by atoms with Gasteiger partial charge >= 0.3 is 0 Å². The molecule has 0 aromatic rings. The van der Waals surface area contributed by atoms with Crippen molar-refractivity contribution in [3.05, 3.63) is 0 Å². The first-order valence-corrected chi connectivity index (χ1v) is 6.14. The third-order valence-electron chi connectivity index (χ3n) is 4.16. The third-order valence-corrected chi connectivity index (χ3v) is 4.16. The number of nitrogens with one attached hydrogen (secondary N) is 1. The van der Waals surface area contributed by atoms with Gasteiger partial charge in [0, 0.05) is 6.04 Å². The van der Waals surface area contributed by atoms with Crippen LogP contribution in [0.2, 0.25) is 0 Å². The normalized spacial score (nSPS) is 37.7. The van der Waals surface area contributed by atoms with E-state index in [4.69, 9.17) is 5.26 Å². The highest BCUT2D eigenvalue weighted by Crippen LogP contribution is 2.31. The second-order valence-electron chi connectivity index (χ2n) is 4.92. The second-order valence-corrected chi connectivity index (χ2v) is 4.92. The maximum absolute atomic E-state index is 9.17. The summed E-state index contributed by atoms with van der Waals surface area (Å²) in [5.41, 5.74) is -0.226. The summed E-state index contributed by atoms with van der Waals surface area (Å²) in [6.45, 7) is 2.56. The maximum atomic E-state index is 9.17. The van der Waals surface area contributed by atoms with Gasteiger partial charge in [0.1, 0.15) is 5.54 Å². The first-order chi connectivity index (χ1) is 7.29. The van der Waals surface area contributed by atoms with Crippen LogP contribution in [0.5, 0.6) is 0 Å². The van der Waals surface area contributed by atoms with Gasteiger partial charge in [-0.05, 0) is 58.7 Å². The molecule has 1 saturated carbocycles. The predicted octanol–water partition coefficient (Wildman–Crippen LogP) is 1.51. The Morgan fingerprint density at radius 1 is 1.27 bits per heavy atom. The molecular formula is C12H21N3. The lowest BCUT2D eigenvalue weighted by molar-refractivity contribution is 0.156. The van der Waals surface area contributed by atoms with Crippen LogP contribution in [0.1, 0.15) is 38.5 Å². The molecule has 0 unspecified atom stereocenters. The number of rotatable bonds is 2. The topological polar surface area (TPSA) is 39.1 Å². The molecule has 84 valence electrons. The van der Waals surface area contributed by atoms with E-state index in [9.17, 15) is 0 Å². The highest BCUT2D eigenvalue weighted by molar-refractivity contribution is 5.09. The maximum Gasteiger partial charge on any atom is 0.106 e. The highest BCUT2D eigenvalue weighted by atomic mass is 15.2. The van der Waals surface area contributed by atoms with Crippen LogP contribution in [-0.2, 0) is 0 Å². The molecule has 2 rings (SSSR count). The van der Waals surface area contributed by atoms with Crippen LogP contribution in [0, 0.1) is 11.3 Å². The molecule has 0 spiro atoms. The summed E-state index contributed by atoms with van der Waals surface area (Å²) < 4.78 is 0. The Morgan fingerprint density at radius 3 is 2.33 bits per heavy atom. The van der Waals surface area contributed by atoms with Crippen molar-refractivity contribution in [2.75, 3.05) is 20.1 Å². The number of nitrogens with zero attached hydrogens (tertiary/aromatic N) is 2. The zero-order chi connectivity index (χ0) is 10.7. The minimum atomic E-state index is -0.226. The first-order valence-electron chi connectivity index (χ1n) is 6.14. The molecule has 1 aliphatic carbocycles. The molecule has 0 atom stereocenters. The van der Waals surface area contributed by atoms with Crippen molar-refractivity contribution in [2.24, 2.45) is 0 Å². The molecule has 0 radical (unpaired) electrons. The van der Waals surface area contributed by atoms with E-state index < -0.39 is 0 Å². The Balaban J connectivity index is 1.88. The zero-order valence-corrected chi connectivity index (χ0v) is 9.63. The molecule has 0 aromatic heterocycles. The summed E-state index contributed by atoms with van der Waals surface area (Å²) in [5, 5.41) is 12.4. The Bertz CT molecular complexity index is 242. The monoisotopic (exact) mass is 207 g/mol. The predicted molar refractivity (Wildman–Crippen MR) is 60.5 cm³/mol. The van der Waals surface area contributed by atoms with Crippen molar-refractivity contribution in [3.8, 4) is 6.07 Å². The zero-order valence-electron chi connectivity index (χ0n) is 9.63. The van der Waals surface area contributed by atoms with E-state index >= 15 is 0 Å². The van der Waals surface area contributed by atoms with Crippen molar-refractivity contribution in [2.45, 2.75) is 50.1 Å². The summed E-state index contributed by atoms with van der Waals surface area (Å²) in [6.07, 6.45) is 7.14. The van der Waals surface area contributed by atoms with Gasteiger partial charge in [-0.25, -0.2) is 0 Å². The van der Waals surface area contributed by atoms with Crippen LogP contribution in [0.25, 0.3) is 0 Å². The van der Waals surface area contributed by atoms with Gasteiger partial charge in [0.05, 0.1) is 6.07 Å². The molecule has 15 heavy (non-hydrogen) atoms. The van der Waals surface area contributed by atoms with Crippen molar-refractivity contribution in [1.29, 1.82) is 5.26 Å². The van der Waals surface area contributed by atoms with Gasteiger partial charge in [-0.1, -0.05) is 0 Å². The summed E-state index contributed by atoms with van der Waals surface area (Å²) in [6, 6.07) is 3.20. The van der Waals surface area contributed by atoms with Gasteiger partial charge in [-0.2, -0.15) is 5.26 Å². The van der Waals surface area contributed by atoms with Crippen molar-refractivity contribution < 1.29 is 0 Å². The van der Waals surface area contributed by atoms with E-state index in [0.717, 1.165) is 18.9 Å². The number of hydrogen-bond donors (Lipinski definition) is 1. The summed E-state index contributed by atoms with van der Waals surface area (Å²) in [4.78, 5) is 2.62. The van der Waals surface area contributed by atoms with E-state index in [1.807, 2.05) is 7.05 Å². The van der Waals surface area contributed by atoms with Crippen molar-refractivity contribution >= 4 is 0 Å². The highest BCUT2D eigenvalue weighted by Gasteiger charge is 2.36. The Morgan fingerprint density at radius 2 is 1.87 bits per heavy atom. The van der Waals surface area contributed by atoms with Crippen molar-refractivity contribution in [3.63, 3.8) is 0 Å². The lowest BCUT2D eigenvalue weighted by Gasteiger charge is -2.38. The quantitative estimate of drug-likeness (QED) is 0.746. The molecule has 0 aromatic carbocycles. The van der Waals surface area contributed by atoms with E-state index in [1.54, 1.807) is 0 Å². The minimum absolute atomic E-state index is 0.226. The van der Waals surface area contributed by atoms with Crippen LogP contribution in [0.4, 0.5) is 0 Å². The van der Waals surface area contributed by atoms with E-state index in [1.165, 1.54) is 38.8 Å². The number of likely N-dealkylation sites (tertiary alicyclic amines) is 1. The molecule has 1 aliphatic heterocycles.